The topological polar surface area (TPSA) is 82.5 Å². The first-order valence-electron chi connectivity index (χ1n) is 7.70. The molecule has 2 aromatic carbocycles. The number of rotatable bonds is 5. The van der Waals surface area contributed by atoms with E-state index in [-0.39, 0.29) is 6.54 Å². The van der Waals surface area contributed by atoms with Crippen LogP contribution in [0.3, 0.4) is 0 Å². The van der Waals surface area contributed by atoms with E-state index in [9.17, 15) is 9.59 Å². The smallest absolute Gasteiger partial charge is 0.279 e. The van der Waals surface area contributed by atoms with Crippen LogP contribution in [0.4, 0.5) is 5.69 Å². The zero-order valence-electron chi connectivity index (χ0n) is 14.2. The number of nitrogens with one attached hydrogen (secondary N) is 1. The minimum Gasteiger partial charge on any atom is -0.493 e. The second kappa shape index (κ2) is 7.45. The number of fused-ring (bicyclic) bond motifs is 1. The van der Waals surface area contributed by atoms with Gasteiger partial charge in [0.2, 0.25) is 5.91 Å². The lowest BCUT2D eigenvalue weighted by Gasteiger charge is -2.12. The molecule has 0 saturated carbocycles. The fraction of sp³-hybridized carbons (Fsp3) is 0.167. The molecule has 26 heavy (non-hydrogen) atoms. The summed E-state index contributed by atoms with van der Waals surface area (Å²) in [4.78, 5) is 25.1. The SMILES string of the molecule is COc1ccc2cnn(CC(=O)Nc3ccccc3Cl)c(=O)c2c1OC. The summed E-state index contributed by atoms with van der Waals surface area (Å²) < 4.78 is 11.6. The number of ether oxygens (including phenoxy) is 2. The quantitative estimate of drug-likeness (QED) is 0.743. The molecule has 0 fully saturated rings. The fourth-order valence-corrected chi connectivity index (χ4v) is 2.77. The van der Waals surface area contributed by atoms with Gasteiger partial charge in [0.15, 0.2) is 11.5 Å². The van der Waals surface area contributed by atoms with Crippen LogP contribution < -0.4 is 20.3 Å². The third kappa shape index (κ3) is 3.34. The second-order valence-electron chi connectivity index (χ2n) is 5.40. The van der Waals surface area contributed by atoms with Gasteiger partial charge in [-0.3, -0.25) is 9.59 Å². The Morgan fingerprint density at radius 2 is 1.96 bits per heavy atom. The molecule has 0 unspecified atom stereocenters. The number of nitrogens with zero attached hydrogens (tertiary/aromatic N) is 2. The average Bonchev–Trinajstić information content (AvgIpc) is 2.65. The number of hydrogen-bond donors (Lipinski definition) is 1. The number of amides is 1. The molecule has 0 radical (unpaired) electrons. The van der Waals surface area contributed by atoms with Gasteiger partial charge in [-0.1, -0.05) is 23.7 Å². The van der Waals surface area contributed by atoms with Crippen molar-refractivity contribution in [1.82, 2.24) is 9.78 Å². The molecular weight excluding hydrogens is 358 g/mol. The van der Waals surface area contributed by atoms with Gasteiger partial charge in [0.1, 0.15) is 6.54 Å². The van der Waals surface area contributed by atoms with Gasteiger partial charge in [-0.05, 0) is 24.3 Å². The highest BCUT2D eigenvalue weighted by atomic mass is 35.5. The number of halogens is 1. The lowest BCUT2D eigenvalue weighted by atomic mass is 10.1. The molecule has 134 valence electrons. The van der Waals surface area contributed by atoms with Crippen LogP contribution in [0.15, 0.2) is 47.4 Å². The van der Waals surface area contributed by atoms with Crippen LogP contribution in [-0.2, 0) is 11.3 Å². The number of hydrogen-bond acceptors (Lipinski definition) is 5. The van der Waals surface area contributed by atoms with Gasteiger partial charge in [-0.2, -0.15) is 5.10 Å². The Kier molecular flexibility index (Phi) is 5.09. The molecule has 0 atom stereocenters. The van der Waals surface area contributed by atoms with Gasteiger partial charge >= 0.3 is 0 Å². The van der Waals surface area contributed by atoms with Crippen LogP contribution >= 0.6 is 11.6 Å². The van der Waals surface area contributed by atoms with E-state index in [0.29, 0.717) is 33.0 Å². The first-order chi connectivity index (χ1) is 12.5. The molecule has 1 N–H and O–H groups in total. The van der Waals surface area contributed by atoms with Crippen LogP contribution in [0.5, 0.6) is 11.5 Å². The molecule has 8 heteroatoms. The highest BCUT2D eigenvalue weighted by molar-refractivity contribution is 6.33. The molecule has 3 rings (SSSR count). The molecule has 1 aromatic heterocycles. The predicted octanol–water partition coefficient (Wildman–Crippen LogP) is 2.71. The second-order valence-corrected chi connectivity index (χ2v) is 5.81. The molecule has 0 saturated heterocycles. The number of benzene rings is 2. The summed E-state index contributed by atoms with van der Waals surface area (Å²) in [5.74, 6) is 0.307. The summed E-state index contributed by atoms with van der Waals surface area (Å²) in [6.07, 6.45) is 1.50. The monoisotopic (exact) mass is 373 g/mol. The van der Waals surface area contributed by atoms with Crippen molar-refractivity contribution in [2.45, 2.75) is 6.54 Å². The summed E-state index contributed by atoms with van der Waals surface area (Å²) in [7, 11) is 2.94. The molecule has 1 amide bonds. The van der Waals surface area contributed by atoms with E-state index in [4.69, 9.17) is 21.1 Å². The van der Waals surface area contributed by atoms with E-state index >= 15 is 0 Å². The van der Waals surface area contributed by atoms with Crippen molar-refractivity contribution in [1.29, 1.82) is 0 Å². The van der Waals surface area contributed by atoms with E-state index in [1.165, 1.54) is 20.4 Å². The Balaban J connectivity index is 1.96. The van der Waals surface area contributed by atoms with Gasteiger partial charge in [-0.15, -0.1) is 0 Å². The molecular formula is C18H16ClN3O4. The first-order valence-corrected chi connectivity index (χ1v) is 8.08. The fourth-order valence-electron chi connectivity index (χ4n) is 2.58. The maximum atomic E-state index is 12.8. The van der Waals surface area contributed by atoms with Crippen LogP contribution in [-0.4, -0.2) is 29.9 Å². The molecule has 1 heterocycles. The summed E-state index contributed by atoms with van der Waals surface area (Å²) in [6, 6.07) is 10.2. The third-order valence-corrected chi connectivity index (χ3v) is 4.13. The highest BCUT2D eigenvalue weighted by Gasteiger charge is 2.16. The molecule has 0 spiro atoms. The van der Waals surface area contributed by atoms with Crippen LogP contribution in [0.1, 0.15) is 0 Å². The summed E-state index contributed by atoms with van der Waals surface area (Å²) in [5, 5.41) is 8.01. The zero-order chi connectivity index (χ0) is 18.7. The van der Waals surface area contributed by atoms with Crippen molar-refractivity contribution in [2.75, 3.05) is 19.5 Å². The van der Waals surface area contributed by atoms with E-state index in [2.05, 4.69) is 10.4 Å². The van der Waals surface area contributed by atoms with E-state index in [1.807, 2.05) is 0 Å². The van der Waals surface area contributed by atoms with Gasteiger partial charge in [0.05, 0.1) is 36.5 Å². The minimum atomic E-state index is -0.451. The Morgan fingerprint density at radius 3 is 2.65 bits per heavy atom. The number of anilines is 1. The molecule has 0 aliphatic heterocycles. The van der Waals surface area contributed by atoms with Crippen LogP contribution in [0, 0.1) is 0 Å². The number of methoxy groups -OCH3 is 2. The van der Waals surface area contributed by atoms with Gasteiger partial charge in [0, 0.05) is 5.39 Å². The molecule has 7 nitrogen and oxygen atoms in total. The first kappa shape index (κ1) is 17.8. The lowest BCUT2D eigenvalue weighted by molar-refractivity contribution is -0.117. The Morgan fingerprint density at radius 1 is 1.19 bits per heavy atom. The molecule has 0 aliphatic rings. The summed E-state index contributed by atoms with van der Waals surface area (Å²) in [5.41, 5.74) is 0.0137. The van der Waals surface area contributed by atoms with E-state index in [1.54, 1.807) is 36.4 Å². The van der Waals surface area contributed by atoms with Gasteiger partial charge in [-0.25, -0.2) is 4.68 Å². The minimum absolute atomic E-state index is 0.264. The number of aromatic nitrogens is 2. The van der Waals surface area contributed by atoms with Crippen molar-refractivity contribution in [3.63, 3.8) is 0 Å². The predicted molar refractivity (Wildman–Crippen MR) is 99.2 cm³/mol. The van der Waals surface area contributed by atoms with Crippen LogP contribution in [0.25, 0.3) is 10.8 Å². The Bertz CT molecular complexity index is 1030. The summed E-state index contributed by atoms with van der Waals surface area (Å²) in [6.45, 7) is -0.264. The molecule has 3 aromatic rings. The van der Waals surface area contributed by atoms with Crippen LogP contribution in [0.2, 0.25) is 5.02 Å². The van der Waals surface area contributed by atoms with E-state index in [0.717, 1.165) is 4.68 Å². The Hall–Kier alpha value is -3.06. The van der Waals surface area contributed by atoms with Gasteiger partial charge < -0.3 is 14.8 Å². The maximum absolute atomic E-state index is 12.8. The molecule has 0 aliphatic carbocycles. The third-order valence-electron chi connectivity index (χ3n) is 3.80. The van der Waals surface area contributed by atoms with Crippen molar-refractivity contribution < 1.29 is 14.3 Å². The zero-order valence-corrected chi connectivity index (χ0v) is 14.9. The van der Waals surface area contributed by atoms with Crippen molar-refractivity contribution in [3.8, 4) is 11.5 Å². The highest BCUT2D eigenvalue weighted by Crippen LogP contribution is 2.32. The lowest BCUT2D eigenvalue weighted by Crippen LogP contribution is -2.29. The van der Waals surface area contributed by atoms with Crippen molar-refractivity contribution in [2.24, 2.45) is 0 Å². The van der Waals surface area contributed by atoms with E-state index < -0.39 is 11.5 Å². The van der Waals surface area contributed by atoms with Gasteiger partial charge in [0.25, 0.3) is 5.56 Å². The standard InChI is InChI=1S/C18H16ClN3O4/c1-25-14-8-7-11-9-20-22(18(24)16(11)17(14)26-2)10-15(23)21-13-6-4-3-5-12(13)19/h3-9H,10H2,1-2H3,(H,21,23). The summed E-state index contributed by atoms with van der Waals surface area (Å²) >= 11 is 6.02. The number of carbonyl (C=O) groups excluding carboxylic acids is 1. The van der Waals surface area contributed by atoms with Crippen molar-refractivity contribution >= 4 is 34.0 Å². The average molecular weight is 374 g/mol. The Labute approximate surface area is 154 Å². The number of carbonyl (C=O) groups is 1. The largest absolute Gasteiger partial charge is 0.493 e. The van der Waals surface area contributed by atoms with Crippen molar-refractivity contribution in [3.05, 3.63) is 58.0 Å². The maximum Gasteiger partial charge on any atom is 0.279 e. The number of para-hydroxylation sites is 1. The molecule has 0 bridgehead atoms. The normalized spacial score (nSPS) is 10.6.